The van der Waals surface area contributed by atoms with Gasteiger partial charge in [0.25, 0.3) is 0 Å². The molecular formula is C31H44O5. The van der Waals surface area contributed by atoms with Crippen LogP contribution in [-0.2, 0) is 23.9 Å². The molecule has 4 saturated carbocycles. The fourth-order valence-electron chi connectivity index (χ4n) is 10.4. The summed E-state index contributed by atoms with van der Waals surface area (Å²) in [5, 5.41) is 0. The molecule has 198 valence electrons. The maximum Gasteiger partial charge on any atom is 0.334 e. The van der Waals surface area contributed by atoms with E-state index in [2.05, 4.69) is 33.4 Å². The molecule has 5 fully saturated rings. The summed E-state index contributed by atoms with van der Waals surface area (Å²) >= 11 is 0. The SMILES string of the molecule is C=C1C(=O)OC2C[C@@H]3[C@]4(CC[C@]5(C)[C@H](C(C)CCC=C(C)C=O)CC[C@@]35C)C[C@]4(CCC(=O)OC)C12. The van der Waals surface area contributed by atoms with E-state index in [1.165, 1.54) is 32.8 Å². The van der Waals surface area contributed by atoms with Gasteiger partial charge in [-0.05, 0) is 110 Å². The Morgan fingerprint density at radius 1 is 1.25 bits per heavy atom. The maximum absolute atomic E-state index is 12.7. The first-order valence-corrected chi connectivity index (χ1v) is 14.1. The minimum absolute atomic E-state index is 0.0443. The zero-order valence-electron chi connectivity index (χ0n) is 22.9. The molecule has 1 heterocycles. The van der Waals surface area contributed by atoms with Crippen molar-refractivity contribution in [3.05, 3.63) is 23.8 Å². The number of hydrogen-bond donors (Lipinski definition) is 0. The second-order valence-corrected chi connectivity index (χ2v) is 13.4. The van der Waals surface area contributed by atoms with Crippen LogP contribution in [-0.4, -0.2) is 31.4 Å². The number of aldehydes is 1. The van der Waals surface area contributed by atoms with Crippen molar-refractivity contribution in [1.82, 2.24) is 0 Å². The summed E-state index contributed by atoms with van der Waals surface area (Å²) < 4.78 is 11.0. The van der Waals surface area contributed by atoms with E-state index in [4.69, 9.17) is 9.47 Å². The molecule has 0 radical (unpaired) electrons. The summed E-state index contributed by atoms with van der Waals surface area (Å²) in [7, 11) is 1.46. The van der Waals surface area contributed by atoms with Crippen LogP contribution < -0.4 is 0 Å². The van der Waals surface area contributed by atoms with Gasteiger partial charge in [-0.2, -0.15) is 0 Å². The number of ether oxygens (including phenoxy) is 2. The summed E-state index contributed by atoms with van der Waals surface area (Å²) in [6, 6.07) is 0. The number of fused-ring (bicyclic) bond motifs is 4. The first-order valence-electron chi connectivity index (χ1n) is 14.1. The van der Waals surface area contributed by atoms with Crippen molar-refractivity contribution in [2.24, 2.45) is 45.3 Å². The lowest BCUT2D eigenvalue weighted by Crippen LogP contribution is -2.56. The van der Waals surface area contributed by atoms with Crippen LogP contribution in [0.4, 0.5) is 0 Å². The molecule has 1 saturated heterocycles. The van der Waals surface area contributed by atoms with Gasteiger partial charge in [0.1, 0.15) is 12.4 Å². The Labute approximate surface area is 216 Å². The van der Waals surface area contributed by atoms with Crippen molar-refractivity contribution >= 4 is 18.2 Å². The Kier molecular flexibility index (Phi) is 6.12. The van der Waals surface area contributed by atoms with Gasteiger partial charge in [-0.15, -0.1) is 0 Å². The highest BCUT2D eigenvalue weighted by molar-refractivity contribution is 5.91. The molecule has 0 aromatic carbocycles. The largest absolute Gasteiger partial charge is 0.469 e. The predicted octanol–water partition coefficient (Wildman–Crippen LogP) is 6.21. The standard InChI is InChI=1S/C31H44O5/c1-19(17-32)8-7-9-20(2)22-10-12-29(5)24-16-23-26(21(3)27(34)36-23)31(13-11-25(33)35-6)18-30(24,31)15-14-28(22,29)4/h8,17,20,22-24,26H,3,7,9-16,18H2,1-2,4-6H3/t20?,22-,23?,24-,26?,28+,29-,30-,31+/m0/s1. The number of carbonyl (C=O) groups excluding carboxylic acids is 3. The van der Waals surface area contributed by atoms with Crippen LogP contribution in [0.15, 0.2) is 23.8 Å². The van der Waals surface area contributed by atoms with E-state index in [1.807, 2.05) is 6.92 Å². The summed E-state index contributed by atoms with van der Waals surface area (Å²) in [5.74, 6) is 1.41. The van der Waals surface area contributed by atoms with E-state index in [-0.39, 0.29) is 45.6 Å². The summed E-state index contributed by atoms with van der Waals surface area (Å²) in [6.07, 6.45) is 13.0. The lowest BCUT2D eigenvalue weighted by atomic mass is 9.43. The third-order valence-electron chi connectivity index (χ3n) is 12.4. The van der Waals surface area contributed by atoms with Crippen molar-refractivity contribution in [3.63, 3.8) is 0 Å². The number of allylic oxidation sites excluding steroid dienone is 2. The molecule has 5 aliphatic rings. The number of esters is 2. The molecule has 0 N–H and O–H groups in total. The van der Waals surface area contributed by atoms with Gasteiger partial charge in [0.15, 0.2) is 0 Å². The van der Waals surface area contributed by atoms with Gasteiger partial charge in [-0.1, -0.05) is 33.4 Å². The number of hydrogen-bond acceptors (Lipinski definition) is 5. The normalized spacial score (nSPS) is 45.6. The number of carbonyl (C=O) groups is 3. The minimum atomic E-state index is -0.229. The molecule has 5 nitrogen and oxygen atoms in total. The molecular weight excluding hydrogens is 452 g/mol. The van der Waals surface area contributed by atoms with Crippen molar-refractivity contribution in [1.29, 1.82) is 0 Å². The Morgan fingerprint density at radius 2 is 2.00 bits per heavy atom. The smallest absolute Gasteiger partial charge is 0.334 e. The maximum atomic E-state index is 12.7. The molecule has 1 aliphatic heterocycles. The fourth-order valence-corrected chi connectivity index (χ4v) is 10.4. The van der Waals surface area contributed by atoms with E-state index in [1.54, 1.807) is 0 Å². The van der Waals surface area contributed by atoms with Crippen LogP contribution in [0.5, 0.6) is 0 Å². The molecule has 36 heavy (non-hydrogen) atoms. The second-order valence-electron chi connectivity index (χ2n) is 13.4. The molecule has 0 aromatic rings. The molecule has 4 aliphatic carbocycles. The molecule has 9 atom stereocenters. The third kappa shape index (κ3) is 3.29. The topological polar surface area (TPSA) is 69.7 Å². The van der Waals surface area contributed by atoms with Crippen LogP contribution in [0, 0.1) is 45.3 Å². The van der Waals surface area contributed by atoms with E-state index >= 15 is 0 Å². The monoisotopic (exact) mass is 496 g/mol. The molecule has 0 bridgehead atoms. The van der Waals surface area contributed by atoms with Crippen molar-refractivity contribution in [2.75, 3.05) is 7.11 Å². The first-order chi connectivity index (χ1) is 17.0. The lowest BCUT2D eigenvalue weighted by molar-refractivity contribution is -0.158. The van der Waals surface area contributed by atoms with Crippen molar-refractivity contribution < 1.29 is 23.9 Å². The Hall–Kier alpha value is -1.91. The first kappa shape index (κ1) is 25.7. The van der Waals surface area contributed by atoms with Crippen LogP contribution >= 0.6 is 0 Å². The molecule has 5 heteroatoms. The van der Waals surface area contributed by atoms with Gasteiger partial charge < -0.3 is 9.47 Å². The van der Waals surface area contributed by atoms with Crippen molar-refractivity contribution in [2.45, 2.75) is 98.0 Å². The van der Waals surface area contributed by atoms with Gasteiger partial charge in [0.2, 0.25) is 0 Å². The van der Waals surface area contributed by atoms with Crippen LogP contribution in [0.25, 0.3) is 0 Å². The molecule has 0 amide bonds. The third-order valence-corrected chi connectivity index (χ3v) is 12.4. The van der Waals surface area contributed by atoms with Gasteiger partial charge in [-0.25, -0.2) is 4.79 Å². The highest BCUT2D eigenvalue weighted by Gasteiger charge is 2.83. The lowest BCUT2D eigenvalue weighted by Gasteiger charge is -2.61. The van der Waals surface area contributed by atoms with Crippen LogP contribution in [0.1, 0.15) is 91.9 Å². The number of methoxy groups -OCH3 is 1. The van der Waals surface area contributed by atoms with Gasteiger partial charge in [0.05, 0.1) is 7.11 Å². The zero-order chi connectivity index (χ0) is 26.1. The predicted molar refractivity (Wildman–Crippen MR) is 138 cm³/mol. The molecule has 1 spiro atoms. The molecule has 0 aromatic heterocycles. The van der Waals surface area contributed by atoms with Crippen LogP contribution in [0.3, 0.4) is 0 Å². The zero-order valence-corrected chi connectivity index (χ0v) is 22.9. The average Bonchev–Trinajstić information content (AvgIpc) is 3.31. The summed E-state index contributed by atoms with van der Waals surface area (Å²) in [6.45, 7) is 13.6. The van der Waals surface area contributed by atoms with Gasteiger partial charge >= 0.3 is 11.9 Å². The van der Waals surface area contributed by atoms with Crippen molar-refractivity contribution in [3.8, 4) is 0 Å². The quantitative estimate of drug-likeness (QED) is 0.227. The average molecular weight is 497 g/mol. The molecule has 5 rings (SSSR count). The van der Waals surface area contributed by atoms with E-state index in [0.29, 0.717) is 29.7 Å². The second kappa shape index (κ2) is 8.56. The van der Waals surface area contributed by atoms with Gasteiger partial charge in [-0.3, -0.25) is 9.59 Å². The van der Waals surface area contributed by atoms with Crippen LogP contribution in [0.2, 0.25) is 0 Å². The Bertz CT molecular complexity index is 1010. The Balaban J connectivity index is 1.44. The van der Waals surface area contributed by atoms with E-state index in [0.717, 1.165) is 44.0 Å². The Morgan fingerprint density at radius 3 is 2.69 bits per heavy atom. The highest BCUT2D eigenvalue weighted by Crippen LogP contribution is 2.88. The minimum Gasteiger partial charge on any atom is -0.469 e. The van der Waals surface area contributed by atoms with E-state index in [9.17, 15) is 14.4 Å². The number of rotatable bonds is 8. The van der Waals surface area contributed by atoms with E-state index < -0.39 is 0 Å². The summed E-state index contributed by atoms with van der Waals surface area (Å²) in [5.41, 5.74) is 2.00. The highest BCUT2D eigenvalue weighted by atomic mass is 16.6. The van der Waals surface area contributed by atoms with Gasteiger partial charge in [0, 0.05) is 17.9 Å². The summed E-state index contributed by atoms with van der Waals surface area (Å²) in [4.78, 5) is 35.9. The fraction of sp³-hybridized carbons (Fsp3) is 0.774. The molecule has 3 unspecified atom stereocenters.